The van der Waals surface area contributed by atoms with E-state index in [0.29, 0.717) is 17.2 Å². The van der Waals surface area contributed by atoms with Gasteiger partial charge in [-0.25, -0.2) is 8.78 Å². The molecule has 1 heterocycles. The third-order valence-electron chi connectivity index (χ3n) is 3.37. The highest BCUT2D eigenvalue weighted by Gasteiger charge is 2.45. The molecule has 0 radical (unpaired) electrons. The Balaban J connectivity index is 1.90. The summed E-state index contributed by atoms with van der Waals surface area (Å²) in [5, 5.41) is 0. The van der Waals surface area contributed by atoms with E-state index in [9.17, 15) is 8.78 Å². The first kappa shape index (κ1) is 11.2. The summed E-state index contributed by atoms with van der Waals surface area (Å²) < 4.78 is 26.7. The monoisotopic (exact) mass is 284 g/mol. The Morgan fingerprint density at radius 2 is 2.14 bits per heavy atom. The highest BCUT2D eigenvalue weighted by Crippen LogP contribution is 2.46. The maximum atomic E-state index is 13.4. The normalized spacial score (nSPS) is 41.8. The Labute approximate surface area is 96.3 Å². The zero-order chi connectivity index (χ0) is 10.2. The van der Waals surface area contributed by atoms with Gasteiger partial charge in [0.1, 0.15) is 0 Å². The molecule has 0 amide bonds. The minimum absolute atomic E-state index is 0.116. The molecule has 1 aliphatic heterocycles. The van der Waals surface area contributed by atoms with Crippen LogP contribution in [0.25, 0.3) is 0 Å². The van der Waals surface area contributed by atoms with Crippen LogP contribution in [0.3, 0.4) is 0 Å². The van der Waals surface area contributed by atoms with Gasteiger partial charge < -0.3 is 0 Å². The van der Waals surface area contributed by atoms with Crippen molar-refractivity contribution in [2.24, 2.45) is 11.8 Å². The summed E-state index contributed by atoms with van der Waals surface area (Å²) >= 11 is 5.47. The Bertz CT molecular complexity index is 210. The number of alkyl halides is 3. The molecule has 2 rings (SSSR count). The third kappa shape index (κ3) is 2.26. The summed E-state index contributed by atoms with van der Waals surface area (Å²) in [6.07, 6.45) is 2.28. The lowest BCUT2D eigenvalue weighted by atomic mass is 9.91. The first-order chi connectivity index (χ1) is 6.59. The second kappa shape index (κ2) is 4.28. The van der Waals surface area contributed by atoms with Crippen LogP contribution in [-0.2, 0) is 0 Å². The highest BCUT2D eigenvalue weighted by atomic mass is 79.9. The van der Waals surface area contributed by atoms with Crippen LogP contribution in [0.5, 0.6) is 0 Å². The van der Waals surface area contributed by atoms with Crippen molar-refractivity contribution in [1.29, 1.82) is 0 Å². The Morgan fingerprint density at radius 1 is 1.36 bits per heavy atom. The number of rotatable bonds is 2. The van der Waals surface area contributed by atoms with Gasteiger partial charge in [0.15, 0.2) is 0 Å². The summed E-state index contributed by atoms with van der Waals surface area (Å²) in [4.78, 5) is 0.462. The number of halogens is 3. The molecular weight excluding hydrogens is 270 g/mol. The Kier molecular flexibility index (Phi) is 3.42. The van der Waals surface area contributed by atoms with E-state index in [1.54, 1.807) is 0 Å². The van der Waals surface area contributed by atoms with E-state index in [-0.39, 0.29) is 12.3 Å². The van der Waals surface area contributed by atoms with Gasteiger partial charge in [-0.2, -0.15) is 11.8 Å². The Hall–Kier alpha value is 0.690. The van der Waals surface area contributed by atoms with Crippen LogP contribution in [0.1, 0.15) is 25.7 Å². The molecule has 1 aliphatic carbocycles. The lowest BCUT2D eigenvalue weighted by Crippen LogP contribution is -2.26. The van der Waals surface area contributed by atoms with Crippen LogP contribution >= 0.6 is 27.7 Å². The molecule has 2 aliphatic rings. The molecule has 0 bridgehead atoms. The maximum absolute atomic E-state index is 13.4. The largest absolute Gasteiger partial charge is 0.250 e. The summed E-state index contributed by atoms with van der Waals surface area (Å²) in [6.45, 7) is 0. The van der Waals surface area contributed by atoms with Gasteiger partial charge in [-0.1, -0.05) is 15.9 Å². The van der Waals surface area contributed by atoms with E-state index in [1.807, 2.05) is 11.8 Å². The molecule has 3 atom stereocenters. The van der Waals surface area contributed by atoms with Crippen LogP contribution in [-0.4, -0.2) is 22.3 Å². The minimum Gasteiger partial charge on any atom is -0.207 e. The highest BCUT2D eigenvalue weighted by molar-refractivity contribution is 9.09. The fourth-order valence-corrected chi connectivity index (χ4v) is 4.96. The zero-order valence-electron chi connectivity index (χ0n) is 8.02. The SMILES string of the molecule is FC1(F)CCCC1CC1CSCC1Br. The second-order valence-electron chi connectivity index (χ2n) is 4.40. The number of hydrogen-bond acceptors (Lipinski definition) is 1. The van der Waals surface area contributed by atoms with Crippen molar-refractivity contribution in [2.75, 3.05) is 11.5 Å². The molecule has 0 aromatic rings. The smallest absolute Gasteiger partial charge is 0.207 e. The predicted octanol–water partition coefficient (Wildman–Crippen LogP) is 3.94. The topological polar surface area (TPSA) is 0 Å². The van der Waals surface area contributed by atoms with Crippen LogP contribution in [0.4, 0.5) is 8.78 Å². The quantitative estimate of drug-likeness (QED) is 0.692. The molecule has 0 N–H and O–H groups in total. The fraction of sp³-hybridized carbons (Fsp3) is 1.00. The van der Waals surface area contributed by atoms with E-state index < -0.39 is 5.92 Å². The standard InChI is InChI=1S/C10H15BrF2S/c11-9-6-14-5-7(9)4-8-2-1-3-10(8,12)13/h7-9H,1-6H2. The maximum Gasteiger partial charge on any atom is 0.250 e. The molecule has 0 aromatic carbocycles. The average molecular weight is 285 g/mol. The van der Waals surface area contributed by atoms with Gasteiger partial charge in [0.05, 0.1) is 0 Å². The molecule has 82 valence electrons. The van der Waals surface area contributed by atoms with Crippen LogP contribution in [0.2, 0.25) is 0 Å². The van der Waals surface area contributed by atoms with Crippen molar-refractivity contribution in [3.8, 4) is 0 Å². The number of hydrogen-bond donors (Lipinski definition) is 0. The second-order valence-corrected chi connectivity index (χ2v) is 6.65. The summed E-state index contributed by atoms with van der Waals surface area (Å²) in [6, 6.07) is 0. The third-order valence-corrected chi connectivity index (χ3v) is 6.13. The number of thioether (sulfide) groups is 1. The van der Waals surface area contributed by atoms with Gasteiger partial charge in [0.25, 0.3) is 5.92 Å². The molecule has 0 spiro atoms. The van der Waals surface area contributed by atoms with E-state index in [4.69, 9.17) is 0 Å². The summed E-state index contributed by atoms with van der Waals surface area (Å²) in [7, 11) is 0. The zero-order valence-corrected chi connectivity index (χ0v) is 10.4. The molecule has 4 heteroatoms. The van der Waals surface area contributed by atoms with Gasteiger partial charge >= 0.3 is 0 Å². The van der Waals surface area contributed by atoms with Crippen molar-refractivity contribution in [3.05, 3.63) is 0 Å². The van der Waals surface area contributed by atoms with Crippen molar-refractivity contribution in [2.45, 2.75) is 36.4 Å². The lowest BCUT2D eigenvalue weighted by Gasteiger charge is -2.23. The first-order valence-electron chi connectivity index (χ1n) is 5.19. The van der Waals surface area contributed by atoms with Gasteiger partial charge in [0, 0.05) is 22.9 Å². The van der Waals surface area contributed by atoms with Gasteiger partial charge in [0.2, 0.25) is 0 Å². The van der Waals surface area contributed by atoms with Crippen molar-refractivity contribution in [1.82, 2.24) is 0 Å². The minimum atomic E-state index is -2.38. The molecule has 1 saturated carbocycles. The van der Waals surface area contributed by atoms with Gasteiger partial charge in [-0.15, -0.1) is 0 Å². The predicted molar refractivity (Wildman–Crippen MR) is 60.4 cm³/mol. The molecule has 3 unspecified atom stereocenters. The summed E-state index contributed by atoms with van der Waals surface area (Å²) in [5.74, 6) is -0.106. The van der Waals surface area contributed by atoms with Crippen LogP contribution in [0.15, 0.2) is 0 Å². The molecule has 2 fully saturated rings. The summed E-state index contributed by atoms with van der Waals surface area (Å²) in [5.41, 5.74) is 0. The van der Waals surface area contributed by atoms with Crippen molar-refractivity contribution < 1.29 is 8.78 Å². The van der Waals surface area contributed by atoms with Gasteiger partial charge in [-0.05, 0) is 30.9 Å². The van der Waals surface area contributed by atoms with Crippen molar-refractivity contribution in [3.63, 3.8) is 0 Å². The Morgan fingerprint density at radius 3 is 2.64 bits per heavy atom. The molecule has 14 heavy (non-hydrogen) atoms. The van der Waals surface area contributed by atoms with Crippen LogP contribution < -0.4 is 0 Å². The van der Waals surface area contributed by atoms with Crippen LogP contribution in [0, 0.1) is 11.8 Å². The van der Waals surface area contributed by atoms with E-state index >= 15 is 0 Å². The fourth-order valence-electron chi connectivity index (χ4n) is 2.44. The van der Waals surface area contributed by atoms with Crippen molar-refractivity contribution >= 4 is 27.7 Å². The lowest BCUT2D eigenvalue weighted by molar-refractivity contribution is -0.0432. The van der Waals surface area contributed by atoms with E-state index in [0.717, 1.165) is 24.3 Å². The molecular formula is C10H15BrF2S. The van der Waals surface area contributed by atoms with E-state index in [1.165, 1.54) is 0 Å². The molecule has 0 nitrogen and oxygen atoms in total. The van der Waals surface area contributed by atoms with Gasteiger partial charge in [-0.3, -0.25) is 0 Å². The van der Waals surface area contributed by atoms with E-state index in [2.05, 4.69) is 15.9 Å². The average Bonchev–Trinajstić information content (AvgIpc) is 2.62. The molecule has 1 saturated heterocycles. The molecule has 0 aromatic heterocycles. The first-order valence-corrected chi connectivity index (χ1v) is 7.26.